The number of carbonyl (C=O) groups excluding carboxylic acids is 1. The standard InChI is InChI=1S/C14H14N2O/c1-12(17)15-14-9-5-6-10-16(14)11-13-7-3-2-4-8-13/h2-10H,11H2,1H3/p+1. The van der Waals surface area contributed by atoms with Gasteiger partial charge in [0.1, 0.15) is 6.54 Å². The molecule has 0 radical (unpaired) electrons. The fourth-order valence-corrected chi connectivity index (χ4v) is 1.69. The summed E-state index contributed by atoms with van der Waals surface area (Å²) in [6, 6.07) is 15.9. The minimum absolute atomic E-state index is 0.0574. The number of hydrogen-bond donors (Lipinski definition) is 1. The summed E-state index contributed by atoms with van der Waals surface area (Å²) >= 11 is 0. The molecule has 1 aromatic heterocycles. The van der Waals surface area contributed by atoms with Crippen LogP contribution in [0.15, 0.2) is 54.7 Å². The van der Waals surface area contributed by atoms with Crippen LogP contribution in [0, 0.1) is 0 Å². The molecule has 0 spiro atoms. The summed E-state index contributed by atoms with van der Waals surface area (Å²) in [4.78, 5) is 11.1. The third-order valence-corrected chi connectivity index (χ3v) is 2.44. The van der Waals surface area contributed by atoms with E-state index in [0.29, 0.717) is 0 Å². The van der Waals surface area contributed by atoms with E-state index < -0.39 is 0 Å². The number of nitrogens with one attached hydrogen (secondary N) is 1. The lowest BCUT2D eigenvalue weighted by Crippen LogP contribution is -2.38. The van der Waals surface area contributed by atoms with Crippen molar-refractivity contribution < 1.29 is 9.36 Å². The van der Waals surface area contributed by atoms with Gasteiger partial charge < -0.3 is 0 Å². The molecule has 86 valence electrons. The third-order valence-electron chi connectivity index (χ3n) is 2.44. The minimum Gasteiger partial charge on any atom is -0.247 e. The maximum absolute atomic E-state index is 11.1. The van der Waals surface area contributed by atoms with Crippen LogP contribution in [0.25, 0.3) is 0 Å². The number of pyridine rings is 1. The van der Waals surface area contributed by atoms with Gasteiger partial charge in [0.25, 0.3) is 5.82 Å². The molecule has 0 bridgehead atoms. The van der Waals surface area contributed by atoms with Crippen LogP contribution in [0.1, 0.15) is 12.5 Å². The zero-order valence-corrected chi connectivity index (χ0v) is 9.76. The Balaban J connectivity index is 2.23. The molecule has 0 fully saturated rings. The van der Waals surface area contributed by atoms with E-state index in [4.69, 9.17) is 0 Å². The van der Waals surface area contributed by atoms with Gasteiger partial charge in [-0.25, -0.2) is 14.7 Å². The van der Waals surface area contributed by atoms with E-state index >= 15 is 0 Å². The summed E-state index contributed by atoms with van der Waals surface area (Å²) in [5.74, 6) is 0.752. The second-order valence-corrected chi connectivity index (χ2v) is 3.88. The molecule has 2 rings (SSSR count). The van der Waals surface area contributed by atoms with Gasteiger partial charge in [0.15, 0.2) is 0 Å². The Morgan fingerprint density at radius 2 is 1.82 bits per heavy atom. The fourth-order valence-electron chi connectivity index (χ4n) is 1.69. The Bertz CT molecular complexity index is 509. The van der Waals surface area contributed by atoms with Crippen LogP contribution < -0.4 is 9.88 Å². The highest BCUT2D eigenvalue weighted by atomic mass is 16.1. The molecule has 3 heteroatoms. The molecule has 2 aromatic rings. The highest BCUT2D eigenvalue weighted by Gasteiger charge is 2.09. The average Bonchev–Trinajstić information content (AvgIpc) is 2.32. The molecule has 0 saturated heterocycles. The molecule has 0 aliphatic carbocycles. The second kappa shape index (κ2) is 5.25. The van der Waals surface area contributed by atoms with Crippen LogP contribution in [0.2, 0.25) is 0 Å². The van der Waals surface area contributed by atoms with E-state index in [1.807, 2.05) is 47.2 Å². The lowest BCUT2D eigenvalue weighted by molar-refractivity contribution is -0.674. The van der Waals surface area contributed by atoms with Gasteiger partial charge in [0.05, 0.1) is 6.20 Å². The van der Waals surface area contributed by atoms with Crippen molar-refractivity contribution in [3.05, 3.63) is 60.3 Å². The van der Waals surface area contributed by atoms with Gasteiger partial charge >= 0.3 is 5.91 Å². The summed E-state index contributed by atoms with van der Waals surface area (Å²) in [6.45, 7) is 2.26. The SMILES string of the molecule is CC(=O)Nc1cccc[n+]1Cc1ccccc1. The highest BCUT2D eigenvalue weighted by molar-refractivity contribution is 5.86. The summed E-state index contributed by atoms with van der Waals surface area (Å²) in [7, 11) is 0. The quantitative estimate of drug-likeness (QED) is 0.799. The Morgan fingerprint density at radius 3 is 2.53 bits per heavy atom. The highest BCUT2D eigenvalue weighted by Crippen LogP contribution is 2.02. The van der Waals surface area contributed by atoms with Crippen molar-refractivity contribution in [3.8, 4) is 0 Å². The van der Waals surface area contributed by atoms with Gasteiger partial charge in [0, 0.05) is 13.0 Å². The van der Waals surface area contributed by atoms with Crippen LogP contribution in [0.4, 0.5) is 5.82 Å². The number of benzene rings is 1. The summed E-state index contributed by atoms with van der Waals surface area (Å²) < 4.78 is 2.01. The predicted octanol–water partition coefficient (Wildman–Crippen LogP) is 1.98. The summed E-state index contributed by atoms with van der Waals surface area (Å²) in [6.07, 6.45) is 1.96. The number of anilines is 1. The molecule has 1 aromatic carbocycles. The zero-order valence-electron chi connectivity index (χ0n) is 9.76. The van der Waals surface area contributed by atoms with Gasteiger partial charge in [-0.3, -0.25) is 0 Å². The first-order valence-electron chi connectivity index (χ1n) is 5.56. The van der Waals surface area contributed by atoms with E-state index in [2.05, 4.69) is 17.4 Å². The first-order valence-corrected chi connectivity index (χ1v) is 5.56. The number of hydrogen-bond acceptors (Lipinski definition) is 1. The number of carbonyl (C=O) groups is 1. The smallest absolute Gasteiger partial charge is 0.247 e. The van der Waals surface area contributed by atoms with Gasteiger partial charge in [-0.1, -0.05) is 36.4 Å². The van der Waals surface area contributed by atoms with Gasteiger partial charge in [0.2, 0.25) is 0 Å². The first kappa shape index (κ1) is 11.3. The van der Waals surface area contributed by atoms with Crippen molar-refractivity contribution in [1.82, 2.24) is 0 Å². The summed E-state index contributed by atoms with van der Waals surface area (Å²) in [5, 5.41) is 2.82. The van der Waals surface area contributed by atoms with Crippen LogP contribution in [0.3, 0.4) is 0 Å². The van der Waals surface area contributed by atoms with Crippen molar-refractivity contribution in [1.29, 1.82) is 0 Å². The summed E-state index contributed by atoms with van der Waals surface area (Å²) in [5.41, 5.74) is 1.20. The maximum Gasteiger partial charge on any atom is 0.304 e. The Hall–Kier alpha value is -2.16. The minimum atomic E-state index is -0.0574. The van der Waals surface area contributed by atoms with Crippen molar-refractivity contribution in [2.24, 2.45) is 0 Å². The first-order chi connectivity index (χ1) is 8.25. The monoisotopic (exact) mass is 227 g/mol. The lowest BCUT2D eigenvalue weighted by atomic mass is 10.2. The van der Waals surface area contributed by atoms with Crippen LogP contribution in [-0.2, 0) is 11.3 Å². The molecule has 0 aliphatic rings. The van der Waals surface area contributed by atoms with Gasteiger partial charge in [-0.2, -0.15) is 0 Å². The number of nitrogens with zero attached hydrogens (tertiary/aromatic N) is 1. The number of aromatic nitrogens is 1. The van der Waals surface area contributed by atoms with Crippen LogP contribution in [-0.4, -0.2) is 5.91 Å². The molecule has 0 aliphatic heterocycles. The lowest BCUT2D eigenvalue weighted by Gasteiger charge is -2.05. The Kier molecular flexibility index (Phi) is 3.50. The normalized spacial score (nSPS) is 9.94. The van der Waals surface area contributed by atoms with Crippen molar-refractivity contribution in [2.75, 3.05) is 5.32 Å². The maximum atomic E-state index is 11.1. The largest absolute Gasteiger partial charge is 0.304 e. The van der Waals surface area contributed by atoms with E-state index in [9.17, 15) is 4.79 Å². The number of rotatable bonds is 3. The molecule has 0 saturated carbocycles. The molecule has 3 nitrogen and oxygen atoms in total. The van der Waals surface area contributed by atoms with Crippen molar-refractivity contribution >= 4 is 11.7 Å². The van der Waals surface area contributed by atoms with Crippen molar-refractivity contribution in [2.45, 2.75) is 13.5 Å². The molecule has 1 amide bonds. The topological polar surface area (TPSA) is 33.0 Å². The van der Waals surface area contributed by atoms with Crippen LogP contribution in [0.5, 0.6) is 0 Å². The molecule has 17 heavy (non-hydrogen) atoms. The molecule has 0 atom stereocenters. The second-order valence-electron chi connectivity index (χ2n) is 3.88. The van der Waals surface area contributed by atoms with Gasteiger partial charge in [-0.15, -0.1) is 0 Å². The Morgan fingerprint density at radius 1 is 1.12 bits per heavy atom. The average molecular weight is 227 g/mol. The fraction of sp³-hybridized carbons (Fsp3) is 0.143. The van der Waals surface area contributed by atoms with Crippen molar-refractivity contribution in [3.63, 3.8) is 0 Å². The third kappa shape index (κ3) is 3.14. The van der Waals surface area contributed by atoms with E-state index in [1.165, 1.54) is 12.5 Å². The molecule has 0 unspecified atom stereocenters. The van der Waals surface area contributed by atoms with E-state index in [-0.39, 0.29) is 5.91 Å². The predicted molar refractivity (Wildman–Crippen MR) is 66.5 cm³/mol. The molecule has 1 N–H and O–H groups in total. The van der Waals surface area contributed by atoms with E-state index in [1.54, 1.807) is 0 Å². The zero-order chi connectivity index (χ0) is 12.1. The Labute approximate surface area is 101 Å². The van der Waals surface area contributed by atoms with Crippen LogP contribution >= 0.6 is 0 Å². The number of amides is 1. The molecular formula is C14H15N2O+. The van der Waals surface area contributed by atoms with Gasteiger partial charge in [-0.05, 0) is 11.6 Å². The van der Waals surface area contributed by atoms with E-state index in [0.717, 1.165) is 12.4 Å². The molecular weight excluding hydrogens is 212 g/mol. The molecule has 1 heterocycles.